The van der Waals surface area contributed by atoms with Crippen LogP contribution in [-0.4, -0.2) is 76.2 Å². The molecule has 1 aromatic carbocycles. The van der Waals surface area contributed by atoms with Gasteiger partial charge >= 0.3 is 6.03 Å². The maximum Gasteiger partial charge on any atom is 0.388 e. The number of imide groups is 1. The number of nitrogens with one attached hydrogen (secondary N) is 1. The number of halogens is 1. The third kappa shape index (κ3) is 3.70. The van der Waals surface area contributed by atoms with Gasteiger partial charge in [-0.1, -0.05) is 29.8 Å². The number of hydrogen-bond acceptors (Lipinski definition) is 5. The smallest absolute Gasteiger partial charge is 0.351 e. The molecule has 2 heterocycles. The van der Waals surface area contributed by atoms with Crippen molar-refractivity contribution in [3.63, 3.8) is 0 Å². The van der Waals surface area contributed by atoms with Gasteiger partial charge < -0.3 is 5.32 Å². The van der Waals surface area contributed by atoms with Gasteiger partial charge in [-0.05, 0) is 23.4 Å². The maximum atomic E-state index is 12.3. The number of thioether (sulfide) groups is 1. The Balaban J connectivity index is 1.62. The summed E-state index contributed by atoms with van der Waals surface area (Å²) in [6.07, 6.45) is 0. The fourth-order valence-corrected chi connectivity index (χ4v) is 3.89. The van der Waals surface area contributed by atoms with E-state index in [1.807, 2.05) is 18.2 Å². The van der Waals surface area contributed by atoms with E-state index in [1.165, 1.54) is 23.7 Å². The largest absolute Gasteiger partial charge is 0.388 e. The van der Waals surface area contributed by atoms with Gasteiger partial charge in [-0.3, -0.25) is 14.5 Å². The van der Waals surface area contributed by atoms with E-state index < -0.39 is 12.1 Å². The van der Waals surface area contributed by atoms with Crippen molar-refractivity contribution < 1.29 is 19.0 Å². The van der Waals surface area contributed by atoms with E-state index in [0.29, 0.717) is 22.6 Å². The standard InChI is InChI=1S/C17H18ClN5O3S/c1-21-14-13(15(25)23(3)17(26)22(14)2)20-16(21)27-9-12(24)19-8-10-6-4-5-7-11(10)18/h4-7,13H,8-9H2,1-3H3/p+1. The van der Waals surface area contributed by atoms with Crippen molar-refractivity contribution in [2.75, 3.05) is 26.9 Å². The average Bonchev–Trinajstić information content (AvgIpc) is 2.99. The summed E-state index contributed by atoms with van der Waals surface area (Å²) >= 11 is 7.29. The van der Waals surface area contributed by atoms with Gasteiger partial charge in [-0.2, -0.15) is 0 Å². The van der Waals surface area contributed by atoms with Crippen LogP contribution < -0.4 is 5.32 Å². The molecule has 142 valence electrons. The van der Waals surface area contributed by atoms with Gasteiger partial charge in [-0.15, -0.1) is 4.99 Å². The van der Waals surface area contributed by atoms with Gasteiger partial charge in [0.1, 0.15) is 0 Å². The minimum Gasteiger partial charge on any atom is -0.351 e. The zero-order valence-electron chi connectivity index (χ0n) is 15.1. The Labute approximate surface area is 165 Å². The highest BCUT2D eigenvalue weighted by Crippen LogP contribution is 2.22. The Morgan fingerprint density at radius 1 is 1.30 bits per heavy atom. The molecule has 10 heteroatoms. The normalized spacial score (nSPS) is 19.4. The van der Waals surface area contributed by atoms with Crippen LogP contribution >= 0.6 is 23.4 Å². The fraction of sp³-hybridized carbons (Fsp3) is 0.353. The molecule has 0 spiro atoms. The van der Waals surface area contributed by atoms with Crippen molar-refractivity contribution in [3.8, 4) is 0 Å². The number of carbonyl (C=O) groups is 3. The fourth-order valence-electron chi connectivity index (χ4n) is 2.86. The Hall–Kier alpha value is -2.39. The molecule has 1 N–H and O–H groups in total. The van der Waals surface area contributed by atoms with Gasteiger partial charge in [0.15, 0.2) is 0 Å². The average molecular weight is 409 g/mol. The molecule has 2 aliphatic heterocycles. The third-order valence-corrected chi connectivity index (χ3v) is 5.78. The lowest BCUT2D eigenvalue weighted by atomic mass is 10.2. The van der Waals surface area contributed by atoms with Crippen LogP contribution in [0.5, 0.6) is 0 Å². The van der Waals surface area contributed by atoms with Crippen LogP contribution in [0.4, 0.5) is 4.79 Å². The quantitative estimate of drug-likeness (QED) is 0.753. The summed E-state index contributed by atoms with van der Waals surface area (Å²) in [6.45, 7) is 0.335. The molecule has 0 saturated carbocycles. The monoisotopic (exact) mass is 408 g/mol. The molecule has 0 bridgehead atoms. The Bertz CT molecular complexity index is 885. The number of aliphatic imine (C=N–C) groups is 1. The van der Waals surface area contributed by atoms with Crippen molar-refractivity contribution >= 4 is 52.2 Å². The number of nitrogens with zero attached hydrogens (tertiary/aromatic N) is 4. The minimum atomic E-state index is -0.753. The first kappa shape index (κ1) is 19.4. The second kappa shape index (κ2) is 7.69. The molecule has 4 amide bonds. The van der Waals surface area contributed by atoms with E-state index >= 15 is 0 Å². The lowest BCUT2D eigenvalue weighted by Gasteiger charge is -2.27. The number of benzene rings is 1. The summed E-state index contributed by atoms with van der Waals surface area (Å²) < 4.78 is 1.68. The molecule has 0 aliphatic carbocycles. The summed E-state index contributed by atoms with van der Waals surface area (Å²) in [4.78, 5) is 43.4. The van der Waals surface area contributed by atoms with E-state index in [2.05, 4.69) is 10.3 Å². The second-order valence-corrected chi connectivity index (χ2v) is 7.48. The molecule has 8 nitrogen and oxygen atoms in total. The number of likely N-dealkylation sites (N-methyl/N-ethyl adjacent to an activating group) is 2. The predicted octanol–water partition coefficient (Wildman–Crippen LogP) is 0.992. The van der Waals surface area contributed by atoms with E-state index in [4.69, 9.17) is 11.6 Å². The van der Waals surface area contributed by atoms with Crippen LogP contribution in [0.2, 0.25) is 5.02 Å². The number of urea groups is 1. The maximum absolute atomic E-state index is 12.3. The first-order valence-electron chi connectivity index (χ1n) is 8.17. The Kier molecular flexibility index (Phi) is 5.52. The van der Waals surface area contributed by atoms with Crippen molar-refractivity contribution in [2.24, 2.45) is 4.99 Å². The van der Waals surface area contributed by atoms with Crippen LogP contribution in [0.15, 0.2) is 29.3 Å². The molecule has 1 saturated heterocycles. The zero-order chi connectivity index (χ0) is 19.7. The van der Waals surface area contributed by atoms with Crippen molar-refractivity contribution in [3.05, 3.63) is 34.9 Å². The summed E-state index contributed by atoms with van der Waals surface area (Å²) in [6, 6.07) is 6.14. The van der Waals surface area contributed by atoms with Gasteiger partial charge in [0.2, 0.25) is 5.91 Å². The summed E-state index contributed by atoms with van der Waals surface area (Å²) in [5.74, 6) is 0.0829. The lowest BCUT2D eigenvalue weighted by Crippen LogP contribution is -2.59. The van der Waals surface area contributed by atoms with Crippen LogP contribution in [0, 0.1) is 0 Å². The molecule has 1 atom stereocenters. The molecular formula is C17H19ClN5O3S+. The molecule has 1 aromatic rings. The number of rotatable bonds is 4. The van der Waals surface area contributed by atoms with Crippen LogP contribution in [0.25, 0.3) is 0 Å². The molecule has 27 heavy (non-hydrogen) atoms. The van der Waals surface area contributed by atoms with Crippen LogP contribution in [0.3, 0.4) is 0 Å². The number of carbonyl (C=O) groups excluding carboxylic acids is 3. The van der Waals surface area contributed by atoms with Gasteiger partial charge in [0, 0.05) is 18.6 Å². The van der Waals surface area contributed by atoms with E-state index in [-0.39, 0.29) is 17.6 Å². The highest BCUT2D eigenvalue weighted by Gasteiger charge is 2.51. The van der Waals surface area contributed by atoms with Gasteiger partial charge in [-0.25, -0.2) is 14.3 Å². The van der Waals surface area contributed by atoms with Gasteiger partial charge in [0.05, 0.1) is 19.8 Å². The van der Waals surface area contributed by atoms with Crippen molar-refractivity contribution in [2.45, 2.75) is 12.6 Å². The molecular weight excluding hydrogens is 390 g/mol. The van der Waals surface area contributed by atoms with Crippen LogP contribution in [-0.2, 0) is 16.1 Å². The highest BCUT2D eigenvalue weighted by atomic mass is 35.5. The minimum absolute atomic E-state index is 0.134. The molecule has 1 fully saturated rings. The Morgan fingerprint density at radius 3 is 2.70 bits per heavy atom. The first-order valence-corrected chi connectivity index (χ1v) is 9.54. The van der Waals surface area contributed by atoms with E-state index in [0.717, 1.165) is 10.5 Å². The van der Waals surface area contributed by atoms with Crippen LogP contribution in [0.1, 0.15) is 5.56 Å². The Morgan fingerprint density at radius 2 is 2.00 bits per heavy atom. The number of amidine groups is 2. The highest BCUT2D eigenvalue weighted by molar-refractivity contribution is 8.13. The molecule has 1 unspecified atom stereocenters. The second-order valence-electron chi connectivity index (χ2n) is 6.13. The first-order chi connectivity index (χ1) is 12.8. The van der Waals surface area contributed by atoms with Gasteiger partial charge in [0.25, 0.3) is 23.0 Å². The molecule has 0 radical (unpaired) electrons. The van der Waals surface area contributed by atoms with Crippen molar-refractivity contribution in [1.82, 2.24) is 15.1 Å². The summed E-state index contributed by atoms with van der Waals surface area (Å²) in [5, 5.41) is 3.93. The summed E-state index contributed by atoms with van der Waals surface area (Å²) in [5.41, 5.74) is 0.836. The number of hydrogen-bond donors (Lipinski definition) is 1. The zero-order valence-corrected chi connectivity index (χ0v) is 16.7. The summed E-state index contributed by atoms with van der Waals surface area (Å²) in [7, 11) is 4.76. The van der Waals surface area contributed by atoms with E-state index in [9.17, 15) is 14.4 Å². The lowest BCUT2D eigenvalue weighted by molar-refractivity contribution is -0.367. The molecule has 3 rings (SSSR count). The molecule has 2 aliphatic rings. The number of amides is 4. The topological polar surface area (TPSA) is 85.1 Å². The number of fused-ring (bicyclic) bond motifs is 1. The predicted molar refractivity (Wildman–Crippen MR) is 104 cm³/mol. The van der Waals surface area contributed by atoms with E-state index in [1.54, 1.807) is 24.7 Å². The van der Waals surface area contributed by atoms with Crippen molar-refractivity contribution in [1.29, 1.82) is 0 Å². The third-order valence-electron chi connectivity index (χ3n) is 4.36. The SMILES string of the molecule is CN1C(=O)C2N=C(SCC(=O)NCc3ccccc3Cl)[N+](C)=C2N(C)C1=O. The molecule has 0 aromatic heterocycles.